The Morgan fingerprint density at radius 2 is 1.82 bits per heavy atom. The van der Waals surface area contributed by atoms with Crippen LogP contribution in [0.4, 0.5) is 13.2 Å². The van der Waals surface area contributed by atoms with Crippen LogP contribution >= 0.6 is 0 Å². The molecule has 9 heteroatoms. The van der Waals surface area contributed by atoms with Crippen molar-refractivity contribution in [2.45, 2.75) is 12.8 Å². The standard InChI is InChI=1S/C19H14F3N3O3/c20-19(21,22)27-14-4-1-12(2-5-14)13-3-6-16-15(11-13)18(25-28-16)26-10-7-17-23-8-9-24-17/h1-6,8-9,11H,7,10H2,(H,23,24). The maximum Gasteiger partial charge on any atom is 0.573 e. The molecule has 2 aromatic heterocycles. The maximum atomic E-state index is 12.3. The third-order valence-electron chi connectivity index (χ3n) is 3.99. The minimum atomic E-state index is -4.72. The normalized spacial score (nSPS) is 11.7. The van der Waals surface area contributed by atoms with E-state index in [9.17, 15) is 13.2 Å². The number of imidazole rings is 1. The van der Waals surface area contributed by atoms with E-state index in [2.05, 4.69) is 19.9 Å². The van der Waals surface area contributed by atoms with E-state index < -0.39 is 6.36 Å². The molecule has 0 aliphatic heterocycles. The lowest BCUT2D eigenvalue weighted by Gasteiger charge is -2.09. The number of hydrogen-bond donors (Lipinski definition) is 1. The van der Waals surface area contributed by atoms with Crippen LogP contribution in [-0.4, -0.2) is 28.1 Å². The number of ether oxygens (including phenoxy) is 2. The van der Waals surface area contributed by atoms with E-state index in [4.69, 9.17) is 9.26 Å². The molecule has 0 spiro atoms. The Morgan fingerprint density at radius 3 is 2.54 bits per heavy atom. The molecule has 1 N–H and O–H groups in total. The molecule has 2 aromatic carbocycles. The molecule has 0 saturated carbocycles. The molecule has 4 aromatic rings. The lowest BCUT2D eigenvalue weighted by molar-refractivity contribution is -0.274. The van der Waals surface area contributed by atoms with Gasteiger partial charge in [-0.15, -0.1) is 13.2 Å². The first-order valence-electron chi connectivity index (χ1n) is 8.35. The smallest absolute Gasteiger partial charge is 0.475 e. The highest BCUT2D eigenvalue weighted by Gasteiger charge is 2.30. The largest absolute Gasteiger partial charge is 0.573 e. The second kappa shape index (κ2) is 7.26. The average molecular weight is 389 g/mol. The zero-order chi connectivity index (χ0) is 19.6. The van der Waals surface area contributed by atoms with Crippen molar-refractivity contribution in [1.82, 2.24) is 15.1 Å². The highest BCUT2D eigenvalue weighted by molar-refractivity contribution is 5.87. The quantitative estimate of drug-likeness (QED) is 0.516. The van der Waals surface area contributed by atoms with Crippen molar-refractivity contribution in [2.75, 3.05) is 6.61 Å². The fourth-order valence-electron chi connectivity index (χ4n) is 2.73. The van der Waals surface area contributed by atoms with Crippen LogP contribution in [-0.2, 0) is 6.42 Å². The predicted molar refractivity (Wildman–Crippen MR) is 93.9 cm³/mol. The number of alkyl halides is 3. The van der Waals surface area contributed by atoms with Crippen molar-refractivity contribution < 1.29 is 27.2 Å². The summed E-state index contributed by atoms with van der Waals surface area (Å²) >= 11 is 0. The first-order chi connectivity index (χ1) is 13.5. The van der Waals surface area contributed by atoms with Gasteiger partial charge in [0, 0.05) is 18.8 Å². The monoisotopic (exact) mass is 389 g/mol. The van der Waals surface area contributed by atoms with Crippen molar-refractivity contribution in [2.24, 2.45) is 0 Å². The van der Waals surface area contributed by atoms with Crippen molar-refractivity contribution >= 4 is 11.0 Å². The van der Waals surface area contributed by atoms with E-state index in [-0.39, 0.29) is 5.75 Å². The molecule has 0 amide bonds. The molecular weight excluding hydrogens is 375 g/mol. The molecule has 0 aliphatic carbocycles. The van der Waals surface area contributed by atoms with Gasteiger partial charge in [-0.3, -0.25) is 0 Å². The number of nitrogens with zero attached hydrogens (tertiary/aromatic N) is 2. The van der Waals surface area contributed by atoms with Gasteiger partial charge in [0.05, 0.1) is 12.0 Å². The molecule has 0 atom stereocenters. The number of H-pyrrole nitrogens is 1. The van der Waals surface area contributed by atoms with Gasteiger partial charge in [-0.1, -0.05) is 18.2 Å². The molecule has 28 heavy (non-hydrogen) atoms. The minimum Gasteiger partial charge on any atom is -0.475 e. The number of halogens is 3. The van der Waals surface area contributed by atoms with Crippen molar-refractivity contribution in [3.05, 3.63) is 60.7 Å². The number of fused-ring (bicyclic) bond motifs is 1. The molecule has 0 saturated heterocycles. The van der Waals surface area contributed by atoms with Crippen LogP contribution in [0.5, 0.6) is 11.6 Å². The molecular formula is C19H14F3N3O3. The van der Waals surface area contributed by atoms with Crippen LogP contribution in [0.15, 0.2) is 59.4 Å². The molecule has 0 aliphatic rings. The van der Waals surface area contributed by atoms with Gasteiger partial charge in [0.25, 0.3) is 5.88 Å². The summed E-state index contributed by atoms with van der Waals surface area (Å²) in [4.78, 5) is 7.11. The third kappa shape index (κ3) is 4.08. The van der Waals surface area contributed by atoms with E-state index in [1.54, 1.807) is 36.7 Å². The molecule has 2 heterocycles. The molecule has 0 radical (unpaired) electrons. The number of benzene rings is 2. The van der Waals surface area contributed by atoms with E-state index in [1.807, 2.05) is 6.07 Å². The number of hydrogen-bond acceptors (Lipinski definition) is 5. The second-order valence-electron chi connectivity index (χ2n) is 5.91. The lowest BCUT2D eigenvalue weighted by Crippen LogP contribution is -2.16. The summed E-state index contributed by atoms with van der Waals surface area (Å²) in [5.41, 5.74) is 2.05. The molecule has 0 unspecified atom stereocenters. The summed E-state index contributed by atoms with van der Waals surface area (Å²) in [5.74, 6) is 0.874. The number of nitrogens with one attached hydrogen (secondary N) is 1. The second-order valence-corrected chi connectivity index (χ2v) is 5.91. The number of aromatic nitrogens is 3. The zero-order valence-corrected chi connectivity index (χ0v) is 14.4. The van der Waals surface area contributed by atoms with Gasteiger partial charge in [0.1, 0.15) is 11.6 Å². The van der Waals surface area contributed by atoms with Crippen LogP contribution < -0.4 is 9.47 Å². The van der Waals surface area contributed by atoms with Gasteiger partial charge >= 0.3 is 6.36 Å². The third-order valence-corrected chi connectivity index (χ3v) is 3.99. The minimum absolute atomic E-state index is 0.274. The van der Waals surface area contributed by atoms with Gasteiger partial charge in [0.15, 0.2) is 5.58 Å². The van der Waals surface area contributed by atoms with Gasteiger partial charge in [-0.05, 0) is 40.5 Å². The molecule has 4 rings (SSSR count). The van der Waals surface area contributed by atoms with Gasteiger partial charge in [-0.25, -0.2) is 4.98 Å². The first kappa shape index (κ1) is 17.9. The fourth-order valence-corrected chi connectivity index (χ4v) is 2.73. The summed E-state index contributed by atoms with van der Waals surface area (Å²) in [6.45, 7) is 0.364. The maximum absolute atomic E-state index is 12.3. The molecule has 0 bridgehead atoms. The SMILES string of the molecule is FC(F)(F)Oc1ccc(-c2ccc3onc(OCCc4ncc[nH]4)c3c2)cc1. The molecule has 0 fully saturated rings. The Bertz CT molecular complexity index is 1060. The number of rotatable bonds is 6. The van der Waals surface area contributed by atoms with E-state index in [1.165, 1.54) is 12.1 Å². The summed E-state index contributed by atoms with van der Waals surface area (Å²) < 4.78 is 51.7. The highest BCUT2D eigenvalue weighted by Crippen LogP contribution is 2.31. The van der Waals surface area contributed by atoms with Crippen molar-refractivity contribution in [1.29, 1.82) is 0 Å². The summed E-state index contributed by atoms with van der Waals surface area (Å²) in [5, 5.41) is 4.60. The summed E-state index contributed by atoms with van der Waals surface area (Å²) in [6, 6.07) is 11.0. The fraction of sp³-hybridized carbons (Fsp3) is 0.158. The average Bonchev–Trinajstić information content (AvgIpc) is 3.31. The van der Waals surface area contributed by atoms with Crippen molar-refractivity contribution in [3.8, 4) is 22.8 Å². The Hall–Kier alpha value is -3.49. The van der Waals surface area contributed by atoms with Crippen LogP contribution in [0.3, 0.4) is 0 Å². The van der Waals surface area contributed by atoms with E-state index in [0.717, 1.165) is 17.0 Å². The summed E-state index contributed by atoms with van der Waals surface area (Å²) in [6.07, 6.45) is -0.733. The summed E-state index contributed by atoms with van der Waals surface area (Å²) in [7, 11) is 0. The highest BCUT2D eigenvalue weighted by atomic mass is 19.4. The lowest BCUT2D eigenvalue weighted by atomic mass is 10.0. The zero-order valence-electron chi connectivity index (χ0n) is 14.4. The molecule has 144 valence electrons. The Kier molecular flexibility index (Phi) is 4.64. The first-order valence-corrected chi connectivity index (χ1v) is 8.35. The van der Waals surface area contributed by atoms with Crippen LogP contribution in [0, 0.1) is 0 Å². The van der Waals surface area contributed by atoms with Gasteiger partial charge in [0.2, 0.25) is 0 Å². The van der Waals surface area contributed by atoms with Gasteiger partial charge in [-0.2, -0.15) is 0 Å². The Balaban J connectivity index is 1.52. The van der Waals surface area contributed by atoms with Gasteiger partial charge < -0.3 is 19.0 Å². The van der Waals surface area contributed by atoms with Crippen molar-refractivity contribution in [3.63, 3.8) is 0 Å². The van der Waals surface area contributed by atoms with E-state index in [0.29, 0.717) is 29.9 Å². The van der Waals surface area contributed by atoms with E-state index >= 15 is 0 Å². The topological polar surface area (TPSA) is 73.2 Å². The molecule has 6 nitrogen and oxygen atoms in total. The Labute approximate surface area is 156 Å². The van der Waals surface area contributed by atoms with Crippen LogP contribution in [0.25, 0.3) is 22.1 Å². The predicted octanol–water partition coefficient (Wildman–Crippen LogP) is 4.74. The van der Waals surface area contributed by atoms with Crippen LogP contribution in [0.2, 0.25) is 0 Å². The van der Waals surface area contributed by atoms with Crippen LogP contribution in [0.1, 0.15) is 5.82 Å². The number of aromatic amines is 1. The Morgan fingerprint density at radius 1 is 1.04 bits per heavy atom.